The molecule has 1 aromatic rings. The van der Waals surface area contributed by atoms with Crippen LogP contribution in [0.3, 0.4) is 0 Å². The van der Waals surface area contributed by atoms with Gasteiger partial charge in [0.15, 0.2) is 0 Å². The third-order valence-corrected chi connectivity index (χ3v) is 2.30. The van der Waals surface area contributed by atoms with Crippen LogP contribution in [0.2, 0.25) is 0 Å². The predicted molar refractivity (Wildman–Crippen MR) is 71.8 cm³/mol. The second kappa shape index (κ2) is 6.23. The standard InChI is InChI=1S/C13H21N3O2/c1-9(2)18-12-11(7-6-8-14-12)15-10(3)13(17)16(4)5/h6-10,15H,1-5H3. The number of carbonyl (C=O) groups excluding carboxylic acids is 1. The summed E-state index contributed by atoms with van der Waals surface area (Å²) in [6.07, 6.45) is 1.71. The van der Waals surface area contributed by atoms with Crippen molar-refractivity contribution in [3.63, 3.8) is 0 Å². The van der Waals surface area contributed by atoms with Crippen LogP contribution in [0.4, 0.5) is 5.69 Å². The first-order valence-electron chi connectivity index (χ1n) is 6.01. The molecule has 0 radical (unpaired) electrons. The van der Waals surface area contributed by atoms with Crippen molar-refractivity contribution < 1.29 is 9.53 Å². The highest BCUT2D eigenvalue weighted by Crippen LogP contribution is 2.22. The highest BCUT2D eigenvalue weighted by molar-refractivity contribution is 5.84. The number of ether oxygens (including phenoxy) is 1. The van der Waals surface area contributed by atoms with Gasteiger partial charge in [-0.2, -0.15) is 0 Å². The lowest BCUT2D eigenvalue weighted by molar-refractivity contribution is -0.129. The summed E-state index contributed by atoms with van der Waals surface area (Å²) < 4.78 is 5.59. The van der Waals surface area contributed by atoms with Gasteiger partial charge in [-0.15, -0.1) is 0 Å². The number of nitrogens with zero attached hydrogens (tertiary/aromatic N) is 2. The topological polar surface area (TPSA) is 54.5 Å². The third kappa shape index (κ3) is 3.91. The average molecular weight is 251 g/mol. The van der Waals surface area contributed by atoms with Crippen molar-refractivity contribution in [1.82, 2.24) is 9.88 Å². The monoisotopic (exact) mass is 251 g/mol. The van der Waals surface area contributed by atoms with E-state index in [-0.39, 0.29) is 18.1 Å². The number of aromatic nitrogens is 1. The molecular weight excluding hydrogens is 230 g/mol. The first kappa shape index (κ1) is 14.3. The van der Waals surface area contributed by atoms with Crippen molar-refractivity contribution in [2.24, 2.45) is 0 Å². The SMILES string of the molecule is CC(C)Oc1ncccc1NC(C)C(=O)N(C)C. The molecule has 0 aliphatic heterocycles. The fourth-order valence-electron chi connectivity index (χ4n) is 1.50. The summed E-state index contributed by atoms with van der Waals surface area (Å²) in [6.45, 7) is 5.69. The lowest BCUT2D eigenvalue weighted by Gasteiger charge is -2.20. The molecule has 1 unspecified atom stereocenters. The second-order valence-electron chi connectivity index (χ2n) is 4.62. The van der Waals surface area contributed by atoms with Gasteiger partial charge in [0, 0.05) is 20.3 Å². The molecule has 0 aromatic carbocycles. The van der Waals surface area contributed by atoms with E-state index in [4.69, 9.17) is 4.74 Å². The Labute approximate surface area is 108 Å². The maximum Gasteiger partial charge on any atom is 0.244 e. The molecule has 1 N–H and O–H groups in total. The Morgan fingerprint density at radius 1 is 1.39 bits per heavy atom. The van der Waals surface area contributed by atoms with Crippen molar-refractivity contribution in [3.05, 3.63) is 18.3 Å². The van der Waals surface area contributed by atoms with Gasteiger partial charge >= 0.3 is 0 Å². The van der Waals surface area contributed by atoms with Crippen molar-refractivity contribution in [3.8, 4) is 5.88 Å². The Kier molecular flexibility index (Phi) is 4.95. The largest absolute Gasteiger partial charge is 0.473 e. The minimum atomic E-state index is -0.321. The number of nitrogens with one attached hydrogen (secondary N) is 1. The molecule has 1 aromatic heterocycles. The number of hydrogen-bond donors (Lipinski definition) is 1. The summed E-state index contributed by atoms with van der Waals surface area (Å²) in [5.74, 6) is 0.528. The van der Waals surface area contributed by atoms with E-state index in [1.54, 1.807) is 25.2 Å². The van der Waals surface area contributed by atoms with E-state index in [0.29, 0.717) is 5.88 Å². The predicted octanol–water partition coefficient (Wildman–Crippen LogP) is 1.76. The van der Waals surface area contributed by atoms with Crippen LogP contribution in [0.1, 0.15) is 20.8 Å². The summed E-state index contributed by atoms with van der Waals surface area (Å²) in [6, 6.07) is 3.34. The normalized spacial score (nSPS) is 12.1. The Morgan fingerprint density at radius 2 is 2.06 bits per heavy atom. The highest BCUT2D eigenvalue weighted by atomic mass is 16.5. The van der Waals surface area contributed by atoms with Crippen molar-refractivity contribution in [2.45, 2.75) is 32.9 Å². The van der Waals surface area contributed by atoms with Crippen LogP contribution in [0, 0.1) is 0 Å². The lowest BCUT2D eigenvalue weighted by Crippen LogP contribution is -2.36. The Hall–Kier alpha value is -1.78. The first-order chi connectivity index (χ1) is 8.41. The van der Waals surface area contributed by atoms with Crippen LogP contribution in [0.25, 0.3) is 0 Å². The van der Waals surface area contributed by atoms with Crippen LogP contribution in [-0.2, 0) is 4.79 Å². The van der Waals surface area contributed by atoms with Crippen LogP contribution in [0.15, 0.2) is 18.3 Å². The minimum Gasteiger partial charge on any atom is -0.473 e. The van der Waals surface area contributed by atoms with Gasteiger partial charge in [-0.3, -0.25) is 4.79 Å². The molecule has 5 nitrogen and oxygen atoms in total. The number of carbonyl (C=O) groups is 1. The van der Waals surface area contributed by atoms with Gasteiger partial charge in [0.05, 0.1) is 11.8 Å². The Bertz CT molecular complexity index is 405. The van der Waals surface area contributed by atoms with E-state index in [2.05, 4.69) is 10.3 Å². The number of amides is 1. The van der Waals surface area contributed by atoms with Gasteiger partial charge in [0.2, 0.25) is 11.8 Å². The fraction of sp³-hybridized carbons (Fsp3) is 0.538. The highest BCUT2D eigenvalue weighted by Gasteiger charge is 2.16. The molecule has 0 spiro atoms. The number of rotatable bonds is 5. The molecule has 0 bridgehead atoms. The first-order valence-corrected chi connectivity index (χ1v) is 6.01. The van der Waals surface area contributed by atoms with Gasteiger partial charge in [0.1, 0.15) is 6.04 Å². The molecule has 5 heteroatoms. The van der Waals surface area contributed by atoms with E-state index >= 15 is 0 Å². The Morgan fingerprint density at radius 3 is 2.61 bits per heavy atom. The second-order valence-corrected chi connectivity index (χ2v) is 4.62. The van der Waals surface area contributed by atoms with Gasteiger partial charge < -0.3 is 15.0 Å². The lowest BCUT2D eigenvalue weighted by atomic mass is 10.2. The smallest absolute Gasteiger partial charge is 0.244 e. The van der Waals surface area contributed by atoms with Crippen molar-refractivity contribution >= 4 is 11.6 Å². The van der Waals surface area contributed by atoms with E-state index in [1.165, 1.54) is 0 Å². The zero-order valence-corrected chi connectivity index (χ0v) is 11.6. The van der Waals surface area contributed by atoms with Crippen molar-refractivity contribution in [2.75, 3.05) is 19.4 Å². The average Bonchev–Trinajstić information content (AvgIpc) is 2.29. The molecule has 1 atom stereocenters. The van der Waals surface area contributed by atoms with Gasteiger partial charge in [-0.1, -0.05) is 0 Å². The molecule has 1 rings (SSSR count). The number of hydrogen-bond acceptors (Lipinski definition) is 4. The van der Waals surface area contributed by atoms with Crippen LogP contribution in [0.5, 0.6) is 5.88 Å². The zero-order chi connectivity index (χ0) is 13.7. The maximum absolute atomic E-state index is 11.8. The number of likely N-dealkylation sites (N-methyl/N-ethyl adjacent to an activating group) is 1. The molecule has 0 fully saturated rings. The molecule has 0 aliphatic carbocycles. The van der Waals surface area contributed by atoms with Gasteiger partial charge in [0.25, 0.3) is 0 Å². The van der Waals surface area contributed by atoms with E-state index in [0.717, 1.165) is 5.69 Å². The quantitative estimate of drug-likeness (QED) is 0.866. The van der Waals surface area contributed by atoms with E-state index in [9.17, 15) is 4.79 Å². The van der Waals surface area contributed by atoms with Gasteiger partial charge in [-0.05, 0) is 32.9 Å². The number of pyridine rings is 1. The third-order valence-electron chi connectivity index (χ3n) is 2.30. The van der Waals surface area contributed by atoms with Gasteiger partial charge in [-0.25, -0.2) is 4.98 Å². The van der Waals surface area contributed by atoms with E-state index < -0.39 is 0 Å². The zero-order valence-electron chi connectivity index (χ0n) is 11.6. The molecule has 100 valence electrons. The minimum absolute atomic E-state index is 0.00866. The van der Waals surface area contributed by atoms with Crippen LogP contribution < -0.4 is 10.1 Å². The number of anilines is 1. The summed E-state index contributed by atoms with van der Waals surface area (Å²) in [5.41, 5.74) is 0.730. The maximum atomic E-state index is 11.8. The summed E-state index contributed by atoms with van der Waals surface area (Å²) in [4.78, 5) is 17.5. The van der Waals surface area contributed by atoms with Crippen LogP contribution in [-0.4, -0.2) is 42.0 Å². The Balaban J connectivity index is 2.80. The molecule has 0 saturated carbocycles. The molecule has 0 aliphatic rings. The van der Waals surface area contributed by atoms with E-state index in [1.807, 2.05) is 32.9 Å². The van der Waals surface area contributed by atoms with Crippen molar-refractivity contribution in [1.29, 1.82) is 0 Å². The molecular formula is C13H21N3O2. The molecule has 18 heavy (non-hydrogen) atoms. The molecule has 1 amide bonds. The molecule has 0 saturated heterocycles. The molecule has 1 heterocycles. The van der Waals surface area contributed by atoms with Crippen LogP contribution >= 0.6 is 0 Å². The summed E-state index contributed by atoms with van der Waals surface area (Å²) in [7, 11) is 3.46. The summed E-state index contributed by atoms with van der Waals surface area (Å²) in [5, 5.41) is 3.12. The fourth-order valence-corrected chi connectivity index (χ4v) is 1.50. The summed E-state index contributed by atoms with van der Waals surface area (Å²) >= 11 is 0.